The van der Waals surface area contributed by atoms with Crippen LogP contribution in [0.15, 0.2) is 18.2 Å². The largest absolute Gasteiger partial charge is 0.310 e. The van der Waals surface area contributed by atoms with E-state index in [1.54, 1.807) is 12.1 Å². The number of hydrogen-bond donors (Lipinski definition) is 1. The molecule has 1 unspecified atom stereocenters. The Balaban J connectivity index is 2.86. The fraction of sp³-hybridized carbons (Fsp3) is 0.429. The molecule has 0 aliphatic carbocycles. The van der Waals surface area contributed by atoms with Crippen LogP contribution in [0.25, 0.3) is 0 Å². The van der Waals surface area contributed by atoms with E-state index >= 15 is 0 Å². The summed E-state index contributed by atoms with van der Waals surface area (Å²) in [4.78, 5) is 0. The molecule has 0 aliphatic rings. The molecule has 1 nitrogen and oxygen atoms in total. The van der Waals surface area contributed by atoms with Gasteiger partial charge in [-0.15, -0.1) is 11.8 Å². The summed E-state index contributed by atoms with van der Waals surface area (Å²) >= 11 is 5.90. The molecule has 1 aromatic rings. The van der Waals surface area contributed by atoms with Crippen LogP contribution >= 0.6 is 11.6 Å². The van der Waals surface area contributed by atoms with Gasteiger partial charge in [0.1, 0.15) is 5.82 Å². The topological polar surface area (TPSA) is 12.0 Å². The quantitative estimate of drug-likeness (QED) is 0.784. The predicted octanol–water partition coefficient (Wildman–Crippen LogP) is 3.93. The summed E-state index contributed by atoms with van der Waals surface area (Å²) in [6.45, 7) is 4.60. The Labute approximate surface area is 107 Å². The Kier molecular flexibility index (Phi) is 6.04. The van der Waals surface area contributed by atoms with Crippen LogP contribution in [0, 0.1) is 17.7 Å². The van der Waals surface area contributed by atoms with Crippen molar-refractivity contribution in [3.63, 3.8) is 0 Å². The molecular weight excluding hydrogens is 237 g/mol. The lowest BCUT2D eigenvalue weighted by Crippen LogP contribution is -2.21. The predicted molar refractivity (Wildman–Crippen MR) is 70.5 cm³/mol. The number of hydrogen-bond acceptors (Lipinski definition) is 1. The van der Waals surface area contributed by atoms with Crippen LogP contribution in [0.2, 0.25) is 5.02 Å². The zero-order valence-corrected chi connectivity index (χ0v) is 10.9. The molecule has 1 rings (SSSR count). The van der Waals surface area contributed by atoms with Crippen molar-refractivity contribution in [2.75, 3.05) is 6.54 Å². The van der Waals surface area contributed by atoms with Crippen LogP contribution < -0.4 is 5.32 Å². The van der Waals surface area contributed by atoms with Crippen LogP contribution in [0.4, 0.5) is 4.39 Å². The van der Waals surface area contributed by atoms with Crippen LogP contribution in [-0.4, -0.2) is 6.54 Å². The maximum atomic E-state index is 13.7. The molecule has 92 valence electrons. The number of halogens is 2. The maximum absolute atomic E-state index is 13.7. The zero-order chi connectivity index (χ0) is 12.7. The molecule has 0 saturated heterocycles. The molecule has 0 aromatic heterocycles. The molecule has 0 spiro atoms. The van der Waals surface area contributed by atoms with E-state index in [9.17, 15) is 4.39 Å². The summed E-state index contributed by atoms with van der Waals surface area (Å²) in [7, 11) is 0. The molecule has 1 N–H and O–H groups in total. The minimum atomic E-state index is -0.218. The molecule has 0 aliphatic heterocycles. The van der Waals surface area contributed by atoms with E-state index in [1.807, 2.05) is 13.8 Å². The minimum Gasteiger partial charge on any atom is -0.310 e. The first-order valence-electron chi connectivity index (χ1n) is 5.77. The van der Waals surface area contributed by atoms with E-state index in [4.69, 9.17) is 11.6 Å². The first-order chi connectivity index (χ1) is 8.19. The van der Waals surface area contributed by atoms with Gasteiger partial charge in [0.15, 0.2) is 0 Å². The second kappa shape index (κ2) is 7.32. The maximum Gasteiger partial charge on any atom is 0.128 e. The van der Waals surface area contributed by atoms with Crippen LogP contribution in [-0.2, 0) is 0 Å². The SMILES string of the molecule is CC#CCCC(NCC)c1cc(Cl)ccc1F. The van der Waals surface area contributed by atoms with Gasteiger partial charge < -0.3 is 5.32 Å². The summed E-state index contributed by atoms with van der Waals surface area (Å²) < 4.78 is 13.7. The molecule has 0 heterocycles. The molecule has 0 amide bonds. The van der Waals surface area contributed by atoms with Crippen LogP contribution in [0.3, 0.4) is 0 Å². The van der Waals surface area contributed by atoms with E-state index in [0.717, 1.165) is 19.4 Å². The molecule has 3 heteroatoms. The van der Waals surface area contributed by atoms with Crippen molar-refractivity contribution in [1.29, 1.82) is 0 Å². The van der Waals surface area contributed by atoms with Gasteiger partial charge in [0.25, 0.3) is 0 Å². The van der Waals surface area contributed by atoms with Crippen molar-refractivity contribution < 1.29 is 4.39 Å². The number of benzene rings is 1. The van der Waals surface area contributed by atoms with Gasteiger partial charge in [-0.3, -0.25) is 0 Å². The lowest BCUT2D eigenvalue weighted by atomic mass is 10.0. The third-order valence-corrected chi connectivity index (χ3v) is 2.75. The van der Waals surface area contributed by atoms with Gasteiger partial charge in [0, 0.05) is 23.0 Å². The third-order valence-electron chi connectivity index (χ3n) is 2.52. The highest BCUT2D eigenvalue weighted by molar-refractivity contribution is 6.30. The van der Waals surface area contributed by atoms with Crippen molar-refractivity contribution in [3.05, 3.63) is 34.6 Å². The third kappa shape index (κ3) is 4.38. The monoisotopic (exact) mass is 253 g/mol. The van der Waals surface area contributed by atoms with E-state index in [2.05, 4.69) is 17.2 Å². The Hall–Kier alpha value is -1.04. The van der Waals surface area contributed by atoms with Crippen molar-refractivity contribution in [1.82, 2.24) is 5.32 Å². The average molecular weight is 254 g/mol. The fourth-order valence-electron chi connectivity index (χ4n) is 1.74. The molecule has 1 atom stereocenters. The van der Waals surface area contributed by atoms with E-state index < -0.39 is 0 Å². The molecule has 0 bridgehead atoms. The van der Waals surface area contributed by atoms with Crippen molar-refractivity contribution in [2.24, 2.45) is 0 Å². The van der Waals surface area contributed by atoms with Crippen molar-refractivity contribution >= 4 is 11.6 Å². The van der Waals surface area contributed by atoms with Gasteiger partial charge >= 0.3 is 0 Å². The van der Waals surface area contributed by atoms with E-state index in [-0.39, 0.29) is 11.9 Å². The molecule has 17 heavy (non-hydrogen) atoms. The second-order valence-corrected chi connectivity index (χ2v) is 4.18. The van der Waals surface area contributed by atoms with E-state index in [0.29, 0.717) is 10.6 Å². The molecule has 1 aromatic carbocycles. The highest BCUT2D eigenvalue weighted by Crippen LogP contribution is 2.24. The van der Waals surface area contributed by atoms with Gasteiger partial charge in [0.05, 0.1) is 0 Å². The van der Waals surface area contributed by atoms with Gasteiger partial charge in [-0.05, 0) is 38.1 Å². The first-order valence-corrected chi connectivity index (χ1v) is 6.14. The smallest absolute Gasteiger partial charge is 0.128 e. The Morgan fingerprint density at radius 1 is 1.47 bits per heavy atom. The Bertz CT molecular complexity index is 420. The van der Waals surface area contributed by atoms with Crippen LogP contribution in [0.5, 0.6) is 0 Å². The average Bonchev–Trinajstić information content (AvgIpc) is 2.32. The van der Waals surface area contributed by atoms with Crippen LogP contribution in [0.1, 0.15) is 38.3 Å². The highest BCUT2D eigenvalue weighted by Gasteiger charge is 2.14. The molecular formula is C14H17ClFN. The summed E-state index contributed by atoms with van der Waals surface area (Å²) in [5.41, 5.74) is 0.622. The summed E-state index contributed by atoms with van der Waals surface area (Å²) in [5, 5.41) is 3.82. The normalized spacial score (nSPS) is 11.8. The van der Waals surface area contributed by atoms with Crippen molar-refractivity contribution in [2.45, 2.75) is 32.7 Å². The summed E-state index contributed by atoms with van der Waals surface area (Å²) in [5.74, 6) is 5.62. The van der Waals surface area contributed by atoms with Gasteiger partial charge in [-0.2, -0.15) is 0 Å². The fourth-order valence-corrected chi connectivity index (χ4v) is 1.92. The first kappa shape index (κ1) is 14.0. The second-order valence-electron chi connectivity index (χ2n) is 3.74. The molecule has 0 fully saturated rings. The Morgan fingerprint density at radius 2 is 2.24 bits per heavy atom. The molecule has 0 radical (unpaired) electrons. The lowest BCUT2D eigenvalue weighted by molar-refractivity contribution is 0.490. The standard InChI is InChI=1S/C14H17ClFN/c1-3-5-6-7-14(17-4-2)12-10-11(15)8-9-13(12)16/h8-10,14,17H,4,6-7H2,1-2H3. The van der Waals surface area contributed by atoms with Crippen molar-refractivity contribution in [3.8, 4) is 11.8 Å². The van der Waals surface area contributed by atoms with E-state index in [1.165, 1.54) is 6.07 Å². The number of nitrogens with one attached hydrogen (secondary N) is 1. The zero-order valence-electron chi connectivity index (χ0n) is 10.2. The summed E-state index contributed by atoms with van der Waals surface area (Å²) in [6.07, 6.45) is 1.53. The van der Waals surface area contributed by atoms with Gasteiger partial charge in [0.2, 0.25) is 0 Å². The highest BCUT2D eigenvalue weighted by atomic mass is 35.5. The lowest BCUT2D eigenvalue weighted by Gasteiger charge is -2.18. The minimum absolute atomic E-state index is 0.0282. The number of rotatable bonds is 5. The van der Waals surface area contributed by atoms with Gasteiger partial charge in [-0.1, -0.05) is 18.5 Å². The summed E-state index contributed by atoms with van der Waals surface area (Å²) in [6, 6.07) is 4.63. The molecule has 0 saturated carbocycles. The Morgan fingerprint density at radius 3 is 2.88 bits per heavy atom. The van der Waals surface area contributed by atoms with Gasteiger partial charge in [-0.25, -0.2) is 4.39 Å².